The zero-order valence-corrected chi connectivity index (χ0v) is 13.7. The summed E-state index contributed by atoms with van der Waals surface area (Å²) < 4.78 is 37.3. The Morgan fingerprint density at radius 2 is 2.17 bits per heavy atom. The van der Waals surface area contributed by atoms with Crippen LogP contribution in [0.4, 0.5) is 13.2 Å². The summed E-state index contributed by atoms with van der Waals surface area (Å²) in [6.45, 7) is -0.449. The number of nitrogens with zero attached hydrogens (tertiary/aromatic N) is 2. The number of rotatable bonds is 3. The number of hydrogen-bond acceptors (Lipinski definition) is 3. The van der Waals surface area contributed by atoms with Crippen molar-refractivity contribution >= 4 is 28.7 Å². The first-order valence-corrected chi connectivity index (χ1v) is 8.57. The Morgan fingerprint density at radius 1 is 1.38 bits per heavy atom. The fourth-order valence-corrected chi connectivity index (χ4v) is 3.92. The SMILES string of the molecule is O=C1C[C@@H](C(=O)N2CC=C(c3cccs3)CC2)CN1CC(F)(F)F. The second-order valence-corrected chi connectivity index (χ2v) is 6.98. The molecule has 24 heavy (non-hydrogen) atoms. The first kappa shape index (κ1) is 17.0. The third kappa shape index (κ3) is 3.80. The van der Waals surface area contributed by atoms with Gasteiger partial charge in [-0.3, -0.25) is 9.59 Å². The van der Waals surface area contributed by atoms with Gasteiger partial charge < -0.3 is 9.80 Å². The number of halogens is 3. The van der Waals surface area contributed by atoms with Gasteiger partial charge in [-0.1, -0.05) is 12.1 Å². The Balaban J connectivity index is 1.59. The number of alkyl halides is 3. The van der Waals surface area contributed by atoms with E-state index in [0.29, 0.717) is 13.1 Å². The lowest BCUT2D eigenvalue weighted by Crippen LogP contribution is -2.40. The van der Waals surface area contributed by atoms with Gasteiger partial charge >= 0.3 is 6.18 Å². The Bertz CT molecular complexity index is 655. The molecule has 2 amide bonds. The van der Waals surface area contributed by atoms with E-state index in [2.05, 4.69) is 0 Å². The smallest absolute Gasteiger partial charge is 0.338 e. The zero-order chi connectivity index (χ0) is 17.3. The molecular weight excluding hydrogens is 341 g/mol. The second kappa shape index (κ2) is 6.58. The normalized spacial score (nSPS) is 22.0. The van der Waals surface area contributed by atoms with Gasteiger partial charge in [-0.25, -0.2) is 0 Å². The largest absolute Gasteiger partial charge is 0.406 e. The van der Waals surface area contributed by atoms with Gasteiger partial charge in [0, 0.05) is 30.9 Å². The lowest BCUT2D eigenvalue weighted by atomic mass is 10.0. The van der Waals surface area contributed by atoms with Gasteiger partial charge in [0.15, 0.2) is 0 Å². The number of amides is 2. The molecule has 1 saturated heterocycles. The minimum Gasteiger partial charge on any atom is -0.338 e. The summed E-state index contributed by atoms with van der Waals surface area (Å²) in [4.78, 5) is 27.7. The van der Waals surface area contributed by atoms with Gasteiger partial charge in [0.1, 0.15) is 6.54 Å². The van der Waals surface area contributed by atoms with Crippen LogP contribution in [0.3, 0.4) is 0 Å². The molecule has 1 aromatic rings. The van der Waals surface area contributed by atoms with E-state index in [9.17, 15) is 22.8 Å². The van der Waals surface area contributed by atoms with Gasteiger partial charge in [-0.2, -0.15) is 13.2 Å². The number of carbonyl (C=O) groups excluding carboxylic acids is 2. The van der Waals surface area contributed by atoms with Crippen molar-refractivity contribution < 1.29 is 22.8 Å². The Hall–Kier alpha value is -1.83. The van der Waals surface area contributed by atoms with E-state index in [4.69, 9.17) is 0 Å². The maximum absolute atomic E-state index is 12.5. The highest BCUT2D eigenvalue weighted by Crippen LogP contribution is 2.29. The van der Waals surface area contributed by atoms with Crippen LogP contribution in [0.2, 0.25) is 0 Å². The van der Waals surface area contributed by atoms with Gasteiger partial charge in [0.25, 0.3) is 0 Å². The highest BCUT2D eigenvalue weighted by atomic mass is 32.1. The quantitative estimate of drug-likeness (QED) is 0.834. The monoisotopic (exact) mass is 358 g/mol. The van der Waals surface area contributed by atoms with Crippen molar-refractivity contribution in [1.29, 1.82) is 0 Å². The molecule has 130 valence electrons. The number of likely N-dealkylation sites (tertiary alicyclic amines) is 1. The summed E-state index contributed by atoms with van der Waals surface area (Å²) in [7, 11) is 0. The van der Waals surface area contributed by atoms with Crippen LogP contribution < -0.4 is 0 Å². The summed E-state index contributed by atoms with van der Waals surface area (Å²) in [5.74, 6) is -1.50. The zero-order valence-electron chi connectivity index (χ0n) is 12.9. The van der Waals surface area contributed by atoms with Crippen molar-refractivity contribution in [3.05, 3.63) is 28.5 Å². The standard InChI is InChI=1S/C16H17F3N2O2S/c17-16(18,19)10-21-9-12(8-14(21)22)15(23)20-5-3-11(4-6-20)13-2-1-7-24-13/h1-3,7,12H,4-6,8-10H2/t12-/m1/s1. The summed E-state index contributed by atoms with van der Waals surface area (Å²) in [5, 5.41) is 1.99. The number of hydrogen-bond donors (Lipinski definition) is 0. The molecule has 0 saturated carbocycles. The first-order chi connectivity index (χ1) is 11.3. The molecule has 0 radical (unpaired) electrons. The molecule has 0 aliphatic carbocycles. The fourth-order valence-electron chi connectivity index (χ4n) is 3.12. The lowest BCUT2D eigenvalue weighted by Gasteiger charge is -2.28. The maximum atomic E-state index is 12.5. The van der Waals surface area contributed by atoms with E-state index >= 15 is 0 Å². The van der Waals surface area contributed by atoms with Gasteiger partial charge in [0.05, 0.1) is 5.92 Å². The molecule has 3 rings (SSSR count). The van der Waals surface area contributed by atoms with Crippen LogP contribution in [0.25, 0.3) is 5.57 Å². The number of carbonyl (C=O) groups is 2. The van der Waals surface area contributed by atoms with Crippen molar-refractivity contribution in [3.8, 4) is 0 Å². The van der Waals surface area contributed by atoms with Crippen molar-refractivity contribution in [2.45, 2.75) is 19.0 Å². The predicted octanol–water partition coefficient (Wildman–Crippen LogP) is 2.77. The number of thiophene rings is 1. The first-order valence-electron chi connectivity index (χ1n) is 7.70. The van der Waals surface area contributed by atoms with E-state index in [1.54, 1.807) is 16.2 Å². The summed E-state index contributed by atoms with van der Waals surface area (Å²) in [5.41, 5.74) is 1.19. The van der Waals surface area contributed by atoms with Crippen LogP contribution in [0.1, 0.15) is 17.7 Å². The van der Waals surface area contributed by atoms with E-state index < -0.39 is 24.5 Å². The van der Waals surface area contributed by atoms with Gasteiger partial charge in [0.2, 0.25) is 11.8 Å². The minimum absolute atomic E-state index is 0.132. The van der Waals surface area contributed by atoms with Crippen molar-refractivity contribution in [1.82, 2.24) is 9.80 Å². The van der Waals surface area contributed by atoms with Crippen LogP contribution in [0, 0.1) is 5.92 Å². The second-order valence-electron chi connectivity index (χ2n) is 6.03. The van der Waals surface area contributed by atoms with Crippen LogP contribution in [-0.4, -0.2) is 54.0 Å². The molecule has 4 nitrogen and oxygen atoms in total. The molecule has 1 atom stereocenters. The van der Waals surface area contributed by atoms with Crippen molar-refractivity contribution in [2.75, 3.05) is 26.2 Å². The Labute approximate surface area is 141 Å². The molecule has 2 aliphatic heterocycles. The summed E-state index contributed by atoms with van der Waals surface area (Å²) >= 11 is 1.64. The van der Waals surface area contributed by atoms with Crippen LogP contribution >= 0.6 is 11.3 Å². The molecule has 1 aromatic heterocycles. The van der Waals surface area contributed by atoms with Gasteiger partial charge in [-0.05, 0) is 23.4 Å². The molecule has 8 heteroatoms. The highest BCUT2D eigenvalue weighted by molar-refractivity contribution is 7.11. The third-order valence-corrected chi connectivity index (χ3v) is 5.24. The summed E-state index contributed by atoms with van der Waals surface area (Å²) in [6, 6.07) is 4.00. The van der Waals surface area contributed by atoms with E-state index in [-0.39, 0.29) is 18.9 Å². The Kier molecular flexibility index (Phi) is 4.67. The Morgan fingerprint density at radius 3 is 2.75 bits per heavy atom. The molecule has 0 bridgehead atoms. The molecule has 0 aromatic carbocycles. The summed E-state index contributed by atoms with van der Waals surface area (Å²) in [6.07, 6.45) is -1.86. The molecule has 0 N–H and O–H groups in total. The average Bonchev–Trinajstić information content (AvgIpc) is 3.16. The molecular formula is C16H17F3N2O2S. The topological polar surface area (TPSA) is 40.6 Å². The van der Waals surface area contributed by atoms with E-state index in [1.807, 2.05) is 23.6 Å². The van der Waals surface area contributed by atoms with Crippen LogP contribution in [0.5, 0.6) is 0 Å². The third-order valence-electron chi connectivity index (χ3n) is 4.29. The molecule has 0 unspecified atom stereocenters. The fraction of sp³-hybridized carbons (Fsp3) is 0.500. The van der Waals surface area contributed by atoms with Crippen molar-refractivity contribution in [2.24, 2.45) is 5.92 Å². The van der Waals surface area contributed by atoms with E-state index in [0.717, 1.165) is 11.3 Å². The molecule has 2 aliphatic rings. The molecule has 3 heterocycles. The van der Waals surface area contributed by atoms with Crippen LogP contribution in [-0.2, 0) is 9.59 Å². The average molecular weight is 358 g/mol. The lowest BCUT2D eigenvalue weighted by molar-refractivity contribution is -0.157. The van der Waals surface area contributed by atoms with Gasteiger partial charge in [-0.15, -0.1) is 11.3 Å². The van der Waals surface area contributed by atoms with E-state index in [1.165, 1.54) is 10.5 Å². The molecule has 0 spiro atoms. The highest BCUT2D eigenvalue weighted by Gasteiger charge is 2.41. The minimum atomic E-state index is -4.43. The maximum Gasteiger partial charge on any atom is 0.406 e. The van der Waals surface area contributed by atoms with Crippen LogP contribution in [0.15, 0.2) is 23.6 Å². The molecule has 1 fully saturated rings. The predicted molar refractivity (Wildman–Crippen MR) is 84.2 cm³/mol. The van der Waals surface area contributed by atoms with Crippen molar-refractivity contribution in [3.63, 3.8) is 0 Å².